The monoisotopic (exact) mass is 382 g/mol. The first-order valence-electron chi connectivity index (χ1n) is 9.03. The average molecular weight is 382 g/mol. The minimum absolute atomic E-state index is 0.346. The zero-order chi connectivity index (χ0) is 18.5. The molecule has 27 heavy (non-hydrogen) atoms. The molecule has 2 heterocycles. The van der Waals surface area contributed by atoms with Gasteiger partial charge in [0.15, 0.2) is 5.82 Å². The Hall–Kier alpha value is -2.48. The van der Waals surface area contributed by atoms with E-state index in [0.29, 0.717) is 18.0 Å². The summed E-state index contributed by atoms with van der Waals surface area (Å²) in [4.78, 5) is 2.30. The van der Waals surface area contributed by atoms with Crippen molar-refractivity contribution in [1.29, 1.82) is 0 Å². The molecule has 1 aliphatic heterocycles. The van der Waals surface area contributed by atoms with Crippen molar-refractivity contribution >= 4 is 12.2 Å². The average Bonchev–Trinajstić information content (AvgIpc) is 3.04. The molecule has 0 bridgehead atoms. The molecule has 6 nitrogen and oxygen atoms in total. The van der Waals surface area contributed by atoms with Crippen molar-refractivity contribution in [2.24, 2.45) is 0 Å². The summed E-state index contributed by atoms with van der Waals surface area (Å²) in [6.07, 6.45) is 0. The maximum absolute atomic E-state index is 5.94. The van der Waals surface area contributed by atoms with Crippen molar-refractivity contribution in [2.45, 2.75) is 13.3 Å². The van der Waals surface area contributed by atoms with Gasteiger partial charge in [-0.15, -0.1) is 0 Å². The Bertz CT molecular complexity index is 918. The summed E-state index contributed by atoms with van der Waals surface area (Å²) >= 11 is 5.74. The second-order valence-corrected chi connectivity index (χ2v) is 6.71. The van der Waals surface area contributed by atoms with E-state index in [9.17, 15) is 0 Å². The number of morpholine rings is 1. The lowest BCUT2D eigenvalue weighted by molar-refractivity contribution is 0.0209. The highest BCUT2D eigenvalue weighted by Crippen LogP contribution is 2.16. The van der Waals surface area contributed by atoms with Crippen LogP contribution in [0.3, 0.4) is 0 Å². The lowest BCUT2D eigenvalue weighted by Gasteiger charge is -2.26. The zero-order valence-electron chi connectivity index (χ0n) is 15.0. The van der Waals surface area contributed by atoms with Gasteiger partial charge in [0.2, 0.25) is 4.77 Å². The molecule has 140 valence electrons. The summed E-state index contributed by atoms with van der Waals surface area (Å²) in [6, 6.07) is 19.8. The van der Waals surface area contributed by atoms with Crippen LogP contribution >= 0.6 is 12.2 Å². The molecule has 0 unspecified atom stereocenters. The van der Waals surface area contributed by atoms with E-state index in [1.54, 1.807) is 0 Å². The summed E-state index contributed by atoms with van der Waals surface area (Å²) in [5, 5.41) is 4.76. The van der Waals surface area contributed by atoms with Crippen LogP contribution in [-0.4, -0.2) is 45.6 Å². The van der Waals surface area contributed by atoms with E-state index in [1.807, 2.05) is 69.9 Å². The minimum atomic E-state index is 0.346. The Labute approximate surface area is 163 Å². The maximum Gasteiger partial charge on any atom is 0.203 e. The first-order chi connectivity index (χ1) is 13.3. The van der Waals surface area contributed by atoms with Crippen LogP contribution in [0.25, 0.3) is 5.69 Å². The van der Waals surface area contributed by atoms with Gasteiger partial charge < -0.3 is 9.47 Å². The smallest absolute Gasteiger partial charge is 0.203 e. The van der Waals surface area contributed by atoms with Gasteiger partial charge in [-0.05, 0) is 36.5 Å². The predicted octanol–water partition coefficient (Wildman–Crippen LogP) is 3.27. The van der Waals surface area contributed by atoms with E-state index in [2.05, 4.69) is 4.90 Å². The molecule has 0 aliphatic carbocycles. The molecule has 0 amide bonds. The molecule has 1 saturated heterocycles. The number of rotatable bonds is 6. The minimum Gasteiger partial charge on any atom is -0.486 e. The van der Waals surface area contributed by atoms with Crippen LogP contribution in [0, 0.1) is 4.77 Å². The molecule has 0 spiro atoms. The number of nitrogens with zero attached hydrogens (tertiary/aromatic N) is 4. The molecule has 1 aromatic heterocycles. The van der Waals surface area contributed by atoms with E-state index in [1.165, 1.54) is 0 Å². The fourth-order valence-corrected chi connectivity index (χ4v) is 3.38. The van der Waals surface area contributed by atoms with Gasteiger partial charge in [-0.25, -0.2) is 4.68 Å². The molecule has 0 atom stereocenters. The van der Waals surface area contributed by atoms with Crippen LogP contribution in [0.5, 0.6) is 5.75 Å². The standard InChI is InChI=1S/C20H22N4O2S/c27-20-23(16-22-11-13-25-14-12-22)21-19(15-26-18-9-5-2-6-10-18)24(20)17-7-3-1-4-8-17/h1-10H,11-16H2. The summed E-state index contributed by atoms with van der Waals surface area (Å²) < 4.78 is 15.9. The topological polar surface area (TPSA) is 44.4 Å². The third-order valence-corrected chi connectivity index (χ3v) is 4.86. The zero-order valence-corrected chi connectivity index (χ0v) is 15.8. The van der Waals surface area contributed by atoms with Crippen LogP contribution in [0.4, 0.5) is 0 Å². The van der Waals surface area contributed by atoms with Gasteiger partial charge in [0, 0.05) is 18.8 Å². The Kier molecular flexibility index (Phi) is 5.62. The predicted molar refractivity (Wildman–Crippen MR) is 106 cm³/mol. The fraction of sp³-hybridized carbons (Fsp3) is 0.300. The Morgan fingerprint density at radius 3 is 2.33 bits per heavy atom. The number of aromatic nitrogens is 3. The van der Waals surface area contributed by atoms with Crippen LogP contribution in [0.2, 0.25) is 0 Å². The van der Waals surface area contributed by atoms with Crippen LogP contribution in [0.15, 0.2) is 60.7 Å². The summed E-state index contributed by atoms with van der Waals surface area (Å²) in [5.41, 5.74) is 0.988. The SMILES string of the molecule is S=c1n(CN2CCOCC2)nc(COc2ccccc2)n1-c1ccccc1. The van der Waals surface area contributed by atoms with Crippen molar-refractivity contribution < 1.29 is 9.47 Å². The van der Waals surface area contributed by atoms with Crippen molar-refractivity contribution in [3.05, 3.63) is 71.3 Å². The molecule has 7 heteroatoms. The Morgan fingerprint density at radius 2 is 1.63 bits per heavy atom. The second-order valence-electron chi connectivity index (χ2n) is 6.34. The molecule has 0 saturated carbocycles. The quantitative estimate of drug-likeness (QED) is 0.612. The van der Waals surface area contributed by atoms with Gasteiger partial charge in [-0.3, -0.25) is 9.47 Å². The molecule has 1 aliphatic rings. The van der Waals surface area contributed by atoms with Gasteiger partial charge in [-0.2, -0.15) is 5.10 Å². The maximum atomic E-state index is 5.94. The summed E-state index contributed by atoms with van der Waals surface area (Å²) in [6.45, 7) is 4.26. The molecule has 0 N–H and O–H groups in total. The van der Waals surface area contributed by atoms with E-state index < -0.39 is 0 Å². The largest absolute Gasteiger partial charge is 0.486 e. The number of hydrogen-bond donors (Lipinski definition) is 0. The van der Waals surface area contributed by atoms with Crippen LogP contribution in [0.1, 0.15) is 5.82 Å². The van der Waals surface area contributed by atoms with Crippen molar-refractivity contribution in [3.8, 4) is 11.4 Å². The second kappa shape index (κ2) is 8.47. The molecule has 0 radical (unpaired) electrons. The van der Waals surface area contributed by atoms with Crippen molar-refractivity contribution in [1.82, 2.24) is 19.2 Å². The Morgan fingerprint density at radius 1 is 0.963 bits per heavy atom. The lowest BCUT2D eigenvalue weighted by atomic mass is 10.3. The molecule has 3 aromatic rings. The highest BCUT2D eigenvalue weighted by Gasteiger charge is 2.17. The van der Waals surface area contributed by atoms with Gasteiger partial charge in [0.1, 0.15) is 12.4 Å². The normalized spacial score (nSPS) is 15.0. The molecule has 2 aromatic carbocycles. The lowest BCUT2D eigenvalue weighted by Crippen LogP contribution is -2.37. The van der Waals surface area contributed by atoms with Gasteiger partial charge >= 0.3 is 0 Å². The summed E-state index contributed by atoms with van der Waals surface area (Å²) in [5.74, 6) is 1.59. The van der Waals surface area contributed by atoms with Crippen molar-refractivity contribution in [3.63, 3.8) is 0 Å². The van der Waals surface area contributed by atoms with E-state index >= 15 is 0 Å². The molecule has 1 fully saturated rings. The fourth-order valence-electron chi connectivity index (χ4n) is 3.07. The van der Waals surface area contributed by atoms with Gasteiger partial charge in [0.25, 0.3) is 0 Å². The number of ether oxygens (including phenoxy) is 2. The third kappa shape index (κ3) is 4.27. The summed E-state index contributed by atoms with van der Waals surface area (Å²) in [7, 11) is 0. The first-order valence-corrected chi connectivity index (χ1v) is 9.44. The van der Waals surface area contributed by atoms with E-state index in [0.717, 1.165) is 43.6 Å². The van der Waals surface area contributed by atoms with Gasteiger partial charge in [0.05, 0.1) is 19.9 Å². The highest BCUT2D eigenvalue weighted by molar-refractivity contribution is 7.71. The third-order valence-electron chi connectivity index (χ3n) is 4.47. The van der Waals surface area contributed by atoms with E-state index in [-0.39, 0.29) is 0 Å². The number of para-hydroxylation sites is 2. The Balaban J connectivity index is 1.63. The number of hydrogen-bond acceptors (Lipinski definition) is 5. The molecule has 4 rings (SSSR count). The first kappa shape index (κ1) is 17.9. The number of benzene rings is 2. The van der Waals surface area contributed by atoms with Crippen molar-refractivity contribution in [2.75, 3.05) is 26.3 Å². The van der Waals surface area contributed by atoms with Crippen LogP contribution in [-0.2, 0) is 18.0 Å². The van der Waals surface area contributed by atoms with Crippen LogP contribution < -0.4 is 4.74 Å². The molecular formula is C20H22N4O2S. The highest BCUT2D eigenvalue weighted by atomic mass is 32.1. The van der Waals surface area contributed by atoms with E-state index in [4.69, 9.17) is 26.8 Å². The van der Waals surface area contributed by atoms with Gasteiger partial charge in [-0.1, -0.05) is 36.4 Å². The molecular weight excluding hydrogens is 360 g/mol.